The number of ether oxygens (including phenoxy) is 1. The van der Waals surface area contributed by atoms with Crippen molar-refractivity contribution in [3.05, 3.63) is 59.3 Å². The summed E-state index contributed by atoms with van der Waals surface area (Å²) < 4.78 is 43.4. The number of hydrogen-bond acceptors (Lipinski definition) is 4. The van der Waals surface area contributed by atoms with Crippen LogP contribution in [0.1, 0.15) is 21.5 Å². The van der Waals surface area contributed by atoms with E-state index >= 15 is 0 Å². The Morgan fingerprint density at radius 3 is 2.52 bits per heavy atom. The molecule has 0 saturated carbocycles. The van der Waals surface area contributed by atoms with Gasteiger partial charge in [0.1, 0.15) is 6.10 Å². The molecule has 1 amide bonds. The van der Waals surface area contributed by atoms with Crippen molar-refractivity contribution in [2.45, 2.75) is 12.3 Å². The lowest BCUT2D eigenvalue weighted by Crippen LogP contribution is -2.56. The Kier molecular flexibility index (Phi) is 4.31. The summed E-state index contributed by atoms with van der Waals surface area (Å²) in [5, 5.41) is 8.74. The highest BCUT2D eigenvalue weighted by Gasteiger charge is 2.34. The molecule has 3 rings (SSSR count). The summed E-state index contributed by atoms with van der Waals surface area (Å²) in [5.41, 5.74) is 0.0639. The highest BCUT2D eigenvalue weighted by Crippen LogP contribution is 2.31. The molecule has 0 spiro atoms. The first-order valence-electron chi connectivity index (χ1n) is 7.36. The molecule has 0 radical (unpaired) electrons. The summed E-state index contributed by atoms with van der Waals surface area (Å²) in [6.45, 7) is 0.521. The molecule has 8 heteroatoms. The second kappa shape index (κ2) is 6.43. The summed E-state index contributed by atoms with van der Waals surface area (Å²) >= 11 is 0. The highest BCUT2D eigenvalue weighted by molar-refractivity contribution is 5.94. The van der Waals surface area contributed by atoms with Gasteiger partial charge in [0.2, 0.25) is 5.88 Å². The lowest BCUT2D eigenvalue weighted by Gasteiger charge is -2.38. The molecular formula is C17H12F3N3O2. The van der Waals surface area contributed by atoms with E-state index in [1.807, 2.05) is 6.07 Å². The molecule has 1 aromatic carbocycles. The van der Waals surface area contributed by atoms with Gasteiger partial charge in [-0.2, -0.15) is 18.4 Å². The Morgan fingerprint density at radius 1 is 1.24 bits per heavy atom. The van der Waals surface area contributed by atoms with Crippen LogP contribution in [0.25, 0.3) is 0 Å². The van der Waals surface area contributed by atoms with Gasteiger partial charge in [-0.1, -0.05) is 0 Å². The summed E-state index contributed by atoms with van der Waals surface area (Å²) in [6, 6.07) is 9.89. The van der Waals surface area contributed by atoms with Crippen molar-refractivity contribution in [3.8, 4) is 11.9 Å². The van der Waals surface area contributed by atoms with Crippen molar-refractivity contribution < 1.29 is 22.7 Å². The van der Waals surface area contributed by atoms with Gasteiger partial charge < -0.3 is 9.64 Å². The van der Waals surface area contributed by atoms with Crippen LogP contribution in [0, 0.1) is 11.3 Å². The maximum absolute atomic E-state index is 12.7. The van der Waals surface area contributed by atoms with E-state index in [9.17, 15) is 18.0 Å². The van der Waals surface area contributed by atoms with Crippen molar-refractivity contribution >= 4 is 5.91 Å². The molecule has 0 atom stereocenters. The first-order valence-corrected chi connectivity index (χ1v) is 7.36. The fourth-order valence-electron chi connectivity index (χ4n) is 2.37. The number of carbonyl (C=O) groups is 1. The van der Waals surface area contributed by atoms with Gasteiger partial charge in [0.05, 0.1) is 30.3 Å². The molecule has 0 N–H and O–H groups in total. The second-order valence-electron chi connectivity index (χ2n) is 5.52. The maximum atomic E-state index is 12.7. The predicted octanol–water partition coefficient (Wildman–Crippen LogP) is 2.88. The van der Waals surface area contributed by atoms with E-state index in [0.717, 1.165) is 18.3 Å². The van der Waals surface area contributed by atoms with Crippen molar-refractivity contribution in [1.82, 2.24) is 9.88 Å². The first kappa shape index (κ1) is 16.8. The Labute approximate surface area is 141 Å². The minimum Gasteiger partial charge on any atom is -0.471 e. The van der Waals surface area contributed by atoms with Crippen LogP contribution in [0.5, 0.6) is 5.88 Å². The number of halogens is 3. The highest BCUT2D eigenvalue weighted by atomic mass is 19.4. The van der Waals surface area contributed by atoms with Crippen LogP contribution in [0.2, 0.25) is 0 Å². The number of pyridine rings is 1. The van der Waals surface area contributed by atoms with Gasteiger partial charge in [0, 0.05) is 17.8 Å². The minimum atomic E-state index is -4.46. The number of nitriles is 1. The number of likely N-dealkylation sites (tertiary alicyclic amines) is 1. The molecule has 0 aliphatic carbocycles. The van der Waals surface area contributed by atoms with Gasteiger partial charge in [0.15, 0.2) is 0 Å². The SMILES string of the molecule is N#Cc1ccc(C(=O)N2CC(Oc3cc(C(F)(F)F)ccn3)C2)cc1. The number of carbonyl (C=O) groups excluding carboxylic acids is 1. The molecule has 1 aliphatic rings. The maximum Gasteiger partial charge on any atom is 0.416 e. The minimum absolute atomic E-state index is 0.120. The zero-order valence-corrected chi connectivity index (χ0v) is 12.8. The van der Waals surface area contributed by atoms with E-state index in [2.05, 4.69) is 4.98 Å². The molecule has 0 unspecified atom stereocenters. The summed E-state index contributed by atoms with van der Waals surface area (Å²) in [4.78, 5) is 17.5. The zero-order chi connectivity index (χ0) is 18.0. The third-order valence-electron chi connectivity index (χ3n) is 3.75. The van der Waals surface area contributed by atoms with Crippen LogP contribution in [0.3, 0.4) is 0 Å². The number of amides is 1. The molecule has 2 heterocycles. The monoisotopic (exact) mass is 347 g/mol. The van der Waals surface area contributed by atoms with Crippen LogP contribution in [-0.4, -0.2) is 35.0 Å². The molecule has 1 fully saturated rings. The van der Waals surface area contributed by atoms with E-state index in [4.69, 9.17) is 10.00 Å². The number of benzene rings is 1. The topological polar surface area (TPSA) is 66.2 Å². The van der Waals surface area contributed by atoms with Gasteiger partial charge in [-0.05, 0) is 30.3 Å². The zero-order valence-electron chi connectivity index (χ0n) is 12.8. The van der Waals surface area contributed by atoms with Crippen molar-refractivity contribution in [2.24, 2.45) is 0 Å². The standard InChI is InChI=1S/C17H12F3N3O2/c18-17(19,20)13-5-6-22-15(7-13)25-14-9-23(10-14)16(24)12-3-1-11(8-21)2-4-12/h1-7,14H,9-10H2. The van der Waals surface area contributed by atoms with E-state index in [-0.39, 0.29) is 24.9 Å². The molecule has 0 bridgehead atoms. The van der Waals surface area contributed by atoms with Crippen LogP contribution in [0.15, 0.2) is 42.6 Å². The van der Waals surface area contributed by atoms with Crippen LogP contribution in [-0.2, 0) is 6.18 Å². The summed E-state index contributed by atoms with van der Waals surface area (Å²) in [6.07, 6.45) is -3.83. The molecule has 2 aromatic rings. The number of aromatic nitrogens is 1. The predicted molar refractivity (Wildman–Crippen MR) is 80.7 cm³/mol. The lowest BCUT2D eigenvalue weighted by atomic mass is 10.1. The summed E-state index contributed by atoms with van der Waals surface area (Å²) in [7, 11) is 0. The van der Waals surface area contributed by atoms with Gasteiger partial charge >= 0.3 is 6.18 Å². The van der Waals surface area contributed by atoms with E-state index in [1.165, 1.54) is 4.90 Å². The van der Waals surface area contributed by atoms with Gasteiger partial charge in [0.25, 0.3) is 5.91 Å². The molecule has 25 heavy (non-hydrogen) atoms. The lowest BCUT2D eigenvalue weighted by molar-refractivity contribution is -0.137. The van der Waals surface area contributed by atoms with Crippen molar-refractivity contribution in [3.63, 3.8) is 0 Å². The van der Waals surface area contributed by atoms with Crippen LogP contribution >= 0.6 is 0 Å². The number of rotatable bonds is 3. The Balaban J connectivity index is 1.57. The quantitative estimate of drug-likeness (QED) is 0.856. The van der Waals surface area contributed by atoms with Crippen molar-refractivity contribution in [1.29, 1.82) is 5.26 Å². The Bertz CT molecular complexity index is 822. The largest absolute Gasteiger partial charge is 0.471 e. The molecule has 1 saturated heterocycles. The second-order valence-corrected chi connectivity index (χ2v) is 5.52. The smallest absolute Gasteiger partial charge is 0.416 e. The van der Waals surface area contributed by atoms with E-state index in [0.29, 0.717) is 11.1 Å². The summed E-state index contributed by atoms with van der Waals surface area (Å²) in [5.74, 6) is -0.341. The average Bonchev–Trinajstić information content (AvgIpc) is 2.57. The Morgan fingerprint density at radius 2 is 1.92 bits per heavy atom. The normalized spacial score (nSPS) is 14.6. The fourth-order valence-corrected chi connectivity index (χ4v) is 2.37. The molecule has 128 valence electrons. The van der Waals surface area contributed by atoms with Crippen LogP contribution < -0.4 is 4.74 Å². The number of hydrogen-bond donors (Lipinski definition) is 0. The van der Waals surface area contributed by atoms with E-state index < -0.39 is 17.8 Å². The molecule has 1 aromatic heterocycles. The Hall–Kier alpha value is -3.08. The third-order valence-corrected chi connectivity index (χ3v) is 3.75. The first-order chi connectivity index (χ1) is 11.9. The van der Waals surface area contributed by atoms with Gasteiger partial charge in [-0.25, -0.2) is 4.98 Å². The molecule has 1 aliphatic heterocycles. The molecular weight excluding hydrogens is 335 g/mol. The number of alkyl halides is 3. The number of nitrogens with zero attached hydrogens (tertiary/aromatic N) is 3. The van der Waals surface area contributed by atoms with E-state index in [1.54, 1.807) is 24.3 Å². The average molecular weight is 347 g/mol. The fraction of sp³-hybridized carbons (Fsp3) is 0.235. The van der Waals surface area contributed by atoms with Crippen molar-refractivity contribution in [2.75, 3.05) is 13.1 Å². The van der Waals surface area contributed by atoms with Gasteiger partial charge in [-0.15, -0.1) is 0 Å². The molecule has 5 nitrogen and oxygen atoms in total. The third kappa shape index (κ3) is 3.71. The van der Waals surface area contributed by atoms with Crippen LogP contribution in [0.4, 0.5) is 13.2 Å². The van der Waals surface area contributed by atoms with Gasteiger partial charge in [-0.3, -0.25) is 4.79 Å².